The standard InChI is InChI=1S/C25H26N4O3/c1-17-7-9-18(10-8-17)23-26-24(32-27-23)19-11-13-28(14-12-19)25(31)20-15-22(30)29(16-20)21-5-3-2-4-6-21/h2-10,19-20H,11-16H2,1H3. The largest absolute Gasteiger partial charge is 0.342 e. The molecule has 7 nitrogen and oxygen atoms in total. The predicted octanol–water partition coefficient (Wildman–Crippen LogP) is 3.80. The predicted molar refractivity (Wildman–Crippen MR) is 120 cm³/mol. The van der Waals surface area contributed by atoms with Gasteiger partial charge in [0.15, 0.2) is 0 Å². The number of hydrogen-bond acceptors (Lipinski definition) is 5. The maximum absolute atomic E-state index is 13.1. The zero-order valence-electron chi connectivity index (χ0n) is 18.1. The fourth-order valence-electron chi connectivity index (χ4n) is 4.56. The molecule has 2 aliphatic rings. The first kappa shape index (κ1) is 20.4. The van der Waals surface area contributed by atoms with Gasteiger partial charge in [0.1, 0.15) is 0 Å². The highest BCUT2D eigenvalue weighted by Gasteiger charge is 2.38. The van der Waals surface area contributed by atoms with E-state index in [2.05, 4.69) is 10.1 Å². The Morgan fingerprint density at radius 2 is 1.75 bits per heavy atom. The summed E-state index contributed by atoms with van der Waals surface area (Å²) in [5, 5.41) is 4.14. The number of likely N-dealkylation sites (tertiary alicyclic amines) is 1. The number of amides is 2. The maximum Gasteiger partial charge on any atom is 0.230 e. The highest BCUT2D eigenvalue weighted by Crippen LogP contribution is 2.31. The Morgan fingerprint density at radius 1 is 1.03 bits per heavy atom. The third kappa shape index (κ3) is 4.02. The van der Waals surface area contributed by atoms with Crippen molar-refractivity contribution in [1.29, 1.82) is 0 Å². The number of anilines is 1. The summed E-state index contributed by atoms with van der Waals surface area (Å²) in [6.07, 6.45) is 1.84. The summed E-state index contributed by atoms with van der Waals surface area (Å²) < 4.78 is 5.55. The van der Waals surface area contributed by atoms with Crippen LogP contribution < -0.4 is 4.90 Å². The van der Waals surface area contributed by atoms with Gasteiger partial charge in [-0.05, 0) is 31.9 Å². The lowest BCUT2D eigenvalue weighted by Gasteiger charge is -2.32. The van der Waals surface area contributed by atoms with Crippen molar-refractivity contribution >= 4 is 17.5 Å². The number of piperidine rings is 1. The van der Waals surface area contributed by atoms with Crippen LogP contribution in [0, 0.1) is 12.8 Å². The van der Waals surface area contributed by atoms with Crippen molar-refractivity contribution in [2.45, 2.75) is 32.1 Å². The van der Waals surface area contributed by atoms with Crippen molar-refractivity contribution in [3.63, 3.8) is 0 Å². The lowest BCUT2D eigenvalue weighted by molar-refractivity contribution is -0.136. The maximum atomic E-state index is 13.1. The van der Waals surface area contributed by atoms with Crippen LogP contribution in [0.1, 0.15) is 36.6 Å². The summed E-state index contributed by atoms with van der Waals surface area (Å²) in [6, 6.07) is 17.6. The van der Waals surface area contributed by atoms with Gasteiger partial charge in [-0.3, -0.25) is 9.59 Å². The summed E-state index contributed by atoms with van der Waals surface area (Å²) in [5.74, 6) is 1.19. The van der Waals surface area contributed by atoms with Gasteiger partial charge < -0.3 is 14.3 Å². The topological polar surface area (TPSA) is 79.5 Å². The van der Waals surface area contributed by atoms with Crippen molar-refractivity contribution in [3.05, 3.63) is 66.1 Å². The molecule has 2 fully saturated rings. The molecule has 5 rings (SSSR count). The Balaban J connectivity index is 1.19. The van der Waals surface area contributed by atoms with Gasteiger partial charge in [0, 0.05) is 43.2 Å². The summed E-state index contributed by atoms with van der Waals surface area (Å²) in [4.78, 5) is 33.8. The monoisotopic (exact) mass is 430 g/mol. The second kappa shape index (κ2) is 8.57. The van der Waals surface area contributed by atoms with Crippen molar-refractivity contribution in [2.75, 3.05) is 24.5 Å². The first-order valence-electron chi connectivity index (χ1n) is 11.1. The Labute approximate surface area is 187 Å². The third-order valence-corrected chi connectivity index (χ3v) is 6.45. The molecule has 0 bridgehead atoms. The van der Waals surface area contributed by atoms with Crippen LogP contribution in [-0.4, -0.2) is 46.5 Å². The smallest absolute Gasteiger partial charge is 0.230 e. The van der Waals surface area contributed by atoms with Gasteiger partial charge in [-0.2, -0.15) is 4.98 Å². The van der Waals surface area contributed by atoms with Gasteiger partial charge >= 0.3 is 0 Å². The molecule has 164 valence electrons. The first-order chi connectivity index (χ1) is 15.6. The molecule has 1 atom stereocenters. The Morgan fingerprint density at radius 3 is 2.47 bits per heavy atom. The van der Waals surface area contributed by atoms with Crippen LogP contribution in [0.3, 0.4) is 0 Å². The van der Waals surface area contributed by atoms with Gasteiger partial charge in [0.05, 0.1) is 5.92 Å². The molecule has 2 amide bonds. The van der Waals surface area contributed by atoms with Crippen LogP contribution in [0.25, 0.3) is 11.4 Å². The van der Waals surface area contributed by atoms with E-state index in [9.17, 15) is 9.59 Å². The van der Waals surface area contributed by atoms with Gasteiger partial charge in [-0.15, -0.1) is 0 Å². The molecular weight excluding hydrogens is 404 g/mol. The molecule has 7 heteroatoms. The second-order valence-electron chi connectivity index (χ2n) is 8.66. The van der Waals surface area contributed by atoms with E-state index in [1.165, 1.54) is 5.56 Å². The van der Waals surface area contributed by atoms with E-state index in [1.54, 1.807) is 4.90 Å². The number of nitrogens with zero attached hydrogens (tertiary/aromatic N) is 4. The minimum atomic E-state index is -0.282. The van der Waals surface area contributed by atoms with E-state index >= 15 is 0 Å². The van der Waals surface area contributed by atoms with Crippen LogP contribution in [0.5, 0.6) is 0 Å². The summed E-state index contributed by atoms with van der Waals surface area (Å²) in [7, 11) is 0. The average Bonchev–Trinajstić information content (AvgIpc) is 3.47. The normalized spacial score (nSPS) is 19.5. The number of benzene rings is 2. The zero-order chi connectivity index (χ0) is 22.1. The number of hydrogen-bond donors (Lipinski definition) is 0. The van der Waals surface area contributed by atoms with E-state index < -0.39 is 0 Å². The number of rotatable bonds is 4. The number of carbonyl (C=O) groups is 2. The molecule has 1 aromatic heterocycles. The quantitative estimate of drug-likeness (QED) is 0.629. The molecule has 2 aliphatic heterocycles. The molecule has 2 saturated heterocycles. The highest BCUT2D eigenvalue weighted by atomic mass is 16.5. The van der Waals surface area contributed by atoms with E-state index in [0.29, 0.717) is 31.3 Å². The Bertz CT molecular complexity index is 1100. The van der Waals surface area contributed by atoms with Gasteiger partial charge in [-0.1, -0.05) is 53.2 Å². The number of para-hydroxylation sites is 1. The van der Waals surface area contributed by atoms with E-state index in [0.717, 1.165) is 24.1 Å². The first-order valence-corrected chi connectivity index (χ1v) is 11.1. The Hall–Kier alpha value is -3.48. The fraction of sp³-hybridized carbons (Fsp3) is 0.360. The zero-order valence-corrected chi connectivity index (χ0v) is 18.1. The van der Waals surface area contributed by atoms with E-state index in [1.807, 2.05) is 66.4 Å². The van der Waals surface area contributed by atoms with Crippen molar-refractivity contribution in [1.82, 2.24) is 15.0 Å². The average molecular weight is 431 g/mol. The number of aromatic nitrogens is 2. The van der Waals surface area contributed by atoms with Gasteiger partial charge in [0.25, 0.3) is 0 Å². The lowest BCUT2D eigenvalue weighted by atomic mass is 9.95. The van der Waals surface area contributed by atoms with Crippen molar-refractivity contribution in [2.24, 2.45) is 5.92 Å². The molecule has 0 aliphatic carbocycles. The summed E-state index contributed by atoms with van der Waals surface area (Å²) in [6.45, 7) is 3.77. The number of carbonyl (C=O) groups excluding carboxylic acids is 2. The van der Waals surface area contributed by atoms with E-state index in [-0.39, 0.29) is 30.1 Å². The molecule has 0 spiro atoms. The molecule has 3 heterocycles. The van der Waals surface area contributed by atoms with Crippen LogP contribution in [0.15, 0.2) is 59.1 Å². The molecule has 0 saturated carbocycles. The van der Waals surface area contributed by atoms with Gasteiger partial charge in [-0.25, -0.2) is 0 Å². The number of aryl methyl sites for hydroxylation is 1. The fourth-order valence-corrected chi connectivity index (χ4v) is 4.56. The highest BCUT2D eigenvalue weighted by molar-refractivity contribution is 6.00. The molecule has 1 unspecified atom stereocenters. The molecule has 2 aromatic carbocycles. The molecule has 0 radical (unpaired) electrons. The van der Waals surface area contributed by atoms with Crippen molar-refractivity contribution < 1.29 is 14.1 Å². The van der Waals surface area contributed by atoms with Gasteiger partial charge in [0.2, 0.25) is 23.5 Å². The lowest BCUT2D eigenvalue weighted by Crippen LogP contribution is -2.42. The van der Waals surface area contributed by atoms with Crippen LogP contribution in [0.4, 0.5) is 5.69 Å². The molecule has 3 aromatic rings. The van der Waals surface area contributed by atoms with Crippen LogP contribution in [0.2, 0.25) is 0 Å². The van der Waals surface area contributed by atoms with Crippen LogP contribution in [-0.2, 0) is 9.59 Å². The molecular formula is C25H26N4O3. The minimum Gasteiger partial charge on any atom is -0.342 e. The summed E-state index contributed by atoms with van der Waals surface area (Å²) >= 11 is 0. The third-order valence-electron chi connectivity index (χ3n) is 6.45. The van der Waals surface area contributed by atoms with Crippen LogP contribution >= 0.6 is 0 Å². The van der Waals surface area contributed by atoms with Crippen molar-refractivity contribution in [3.8, 4) is 11.4 Å². The summed E-state index contributed by atoms with van der Waals surface area (Å²) in [5.41, 5.74) is 2.98. The van der Waals surface area contributed by atoms with E-state index in [4.69, 9.17) is 4.52 Å². The Kier molecular flexibility index (Phi) is 5.47. The molecule has 0 N–H and O–H groups in total. The SMILES string of the molecule is Cc1ccc(-c2noc(C3CCN(C(=O)C4CC(=O)N(c5ccccc5)C4)CC3)n2)cc1. The molecule has 32 heavy (non-hydrogen) atoms. The second-order valence-corrected chi connectivity index (χ2v) is 8.66. The minimum absolute atomic E-state index is 0.0129.